The maximum Gasteiger partial charge on any atom is 0.133 e. The molecule has 3 nitrogen and oxygen atoms in total. The highest BCUT2D eigenvalue weighted by atomic mass is 35.5. The van der Waals surface area contributed by atoms with E-state index in [2.05, 4.69) is 28.9 Å². The van der Waals surface area contributed by atoms with Crippen molar-refractivity contribution in [2.24, 2.45) is 0 Å². The second-order valence-corrected chi connectivity index (χ2v) is 5.47. The minimum Gasteiger partial charge on any atom is -0.464 e. The lowest BCUT2D eigenvalue weighted by molar-refractivity contribution is 0.271. The van der Waals surface area contributed by atoms with E-state index >= 15 is 0 Å². The Balaban J connectivity index is 1.78. The molecule has 20 heavy (non-hydrogen) atoms. The van der Waals surface area contributed by atoms with Crippen molar-refractivity contribution in [2.45, 2.75) is 6.92 Å². The summed E-state index contributed by atoms with van der Waals surface area (Å²) in [5.74, 6) is 0.856. The van der Waals surface area contributed by atoms with Crippen molar-refractivity contribution < 1.29 is 4.42 Å². The second kappa shape index (κ2) is 5.90. The van der Waals surface area contributed by atoms with Gasteiger partial charge in [0.05, 0.1) is 17.0 Å². The van der Waals surface area contributed by atoms with E-state index in [1.165, 1.54) is 0 Å². The lowest BCUT2D eigenvalue weighted by atomic mass is 10.1. The Hall–Kier alpha value is -1.45. The van der Waals surface area contributed by atoms with Crippen LogP contribution in [0.3, 0.4) is 0 Å². The maximum atomic E-state index is 6.45. The summed E-state index contributed by atoms with van der Waals surface area (Å²) in [4.78, 5) is 4.82. The first-order valence-electron chi connectivity index (χ1n) is 7.08. The van der Waals surface area contributed by atoms with Gasteiger partial charge in [-0.25, -0.2) is 0 Å². The van der Waals surface area contributed by atoms with Crippen LogP contribution >= 0.6 is 11.6 Å². The molecule has 3 rings (SSSR count). The molecule has 1 saturated heterocycles. The standard InChI is InChI=1S/C16H19ClN2O/c1-2-18-7-9-19(10-8-18)15-6-5-13(12-14(15)17)16-4-3-11-20-16/h3-6,11-12H,2,7-10H2,1H3. The van der Waals surface area contributed by atoms with Gasteiger partial charge in [-0.3, -0.25) is 0 Å². The Kier molecular flexibility index (Phi) is 3.99. The van der Waals surface area contributed by atoms with E-state index in [4.69, 9.17) is 16.0 Å². The summed E-state index contributed by atoms with van der Waals surface area (Å²) < 4.78 is 5.41. The van der Waals surface area contributed by atoms with Crippen LogP contribution in [0, 0.1) is 0 Å². The van der Waals surface area contributed by atoms with Crippen LogP contribution in [0.1, 0.15) is 6.92 Å². The monoisotopic (exact) mass is 290 g/mol. The normalized spacial score (nSPS) is 16.6. The number of furan rings is 1. The number of likely N-dealkylation sites (N-methyl/N-ethyl adjacent to an activating group) is 1. The molecule has 1 aliphatic rings. The number of piperazine rings is 1. The summed E-state index contributed by atoms with van der Waals surface area (Å²) in [6, 6.07) is 10.0. The molecular formula is C16H19ClN2O. The fourth-order valence-corrected chi connectivity index (χ4v) is 2.96. The van der Waals surface area contributed by atoms with Gasteiger partial charge in [0.2, 0.25) is 0 Å². The van der Waals surface area contributed by atoms with Crippen LogP contribution in [-0.4, -0.2) is 37.6 Å². The number of nitrogens with zero attached hydrogens (tertiary/aromatic N) is 2. The second-order valence-electron chi connectivity index (χ2n) is 5.06. The molecule has 4 heteroatoms. The van der Waals surface area contributed by atoms with Gasteiger partial charge in [-0.05, 0) is 36.9 Å². The molecule has 1 aromatic heterocycles. The molecule has 0 spiro atoms. The lowest BCUT2D eigenvalue weighted by Gasteiger charge is -2.36. The van der Waals surface area contributed by atoms with Crippen LogP contribution in [0.4, 0.5) is 5.69 Å². The molecule has 0 amide bonds. The quantitative estimate of drug-likeness (QED) is 0.858. The van der Waals surface area contributed by atoms with Crippen molar-refractivity contribution in [1.29, 1.82) is 0 Å². The highest BCUT2D eigenvalue weighted by molar-refractivity contribution is 6.33. The SMILES string of the molecule is CCN1CCN(c2ccc(-c3ccco3)cc2Cl)CC1. The molecule has 0 aliphatic carbocycles. The molecule has 2 aromatic rings. The highest BCUT2D eigenvalue weighted by Crippen LogP contribution is 2.31. The number of rotatable bonds is 3. The van der Waals surface area contributed by atoms with Crippen molar-refractivity contribution >= 4 is 17.3 Å². The zero-order valence-corrected chi connectivity index (χ0v) is 12.4. The molecule has 1 aliphatic heterocycles. The molecule has 0 unspecified atom stereocenters. The molecule has 1 fully saturated rings. The maximum absolute atomic E-state index is 6.45. The summed E-state index contributed by atoms with van der Waals surface area (Å²) in [5.41, 5.74) is 2.15. The van der Waals surface area contributed by atoms with Crippen molar-refractivity contribution in [3.05, 3.63) is 41.6 Å². The van der Waals surface area contributed by atoms with Gasteiger partial charge in [0, 0.05) is 31.7 Å². The number of halogens is 1. The molecule has 106 valence electrons. The topological polar surface area (TPSA) is 19.6 Å². The summed E-state index contributed by atoms with van der Waals surface area (Å²) >= 11 is 6.45. The fourth-order valence-electron chi connectivity index (χ4n) is 2.66. The summed E-state index contributed by atoms with van der Waals surface area (Å²) in [5, 5.41) is 0.795. The minimum absolute atomic E-state index is 0.795. The van der Waals surface area contributed by atoms with E-state index in [1.54, 1.807) is 6.26 Å². The van der Waals surface area contributed by atoms with Crippen molar-refractivity contribution in [2.75, 3.05) is 37.6 Å². The molecular weight excluding hydrogens is 272 g/mol. The van der Waals surface area contributed by atoms with Crippen molar-refractivity contribution in [3.63, 3.8) is 0 Å². The van der Waals surface area contributed by atoms with Crippen LogP contribution in [0.2, 0.25) is 5.02 Å². The van der Waals surface area contributed by atoms with Crippen molar-refractivity contribution in [3.8, 4) is 11.3 Å². The smallest absolute Gasteiger partial charge is 0.133 e. The summed E-state index contributed by atoms with van der Waals surface area (Å²) in [6.07, 6.45) is 1.68. The van der Waals surface area contributed by atoms with Gasteiger partial charge in [-0.1, -0.05) is 18.5 Å². The Labute approximate surface area is 124 Å². The highest BCUT2D eigenvalue weighted by Gasteiger charge is 2.18. The van der Waals surface area contributed by atoms with E-state index in [9.17, 15) is 0 Å². The number of hydrogen-bond acceptors (Lipinski definition) is 3. The fraction of sp³-hybridized carbons (Fsp3) is 0.375. The third-order valence-corrected chi connectivity index (χ3v) is 4.22. The van der Waals surface area contributed by atoms with Crippen LogP contribution in [0.25, 0.3) is 11.3 Å². The average Bonchev–Trinajstić information content (AvgIpc) is 3.01. The third-order valence-electron chi connectivity index (χ3n) is 3.91. The first kappa shape index (κ1) is 13.5. The average molecular weight is 291 g/mol. The predicted octanol–water partition coefficient (Wildman–Crippen LogP) is 3.74. The van der Waals surface area contributed by atoms with E-state index in [1.807, 2.05) is 18.2 Å². The lowest BCUT2D eigenvalue weighted by Crippen LogP contribution is -2.46. The molecule has 1 aromatic carbocycles. The van der Waals surface area contributed by atoms with E-state index in [0.717, 1.165) is 54.8 Å². The first-order chi connectivity index (χ1) is 9.78. The Morgan fingerprint density at radius 1 is 1.15 bits per heavy atom. The number of anilines is 1. The van der Waals surface area contributed by atoms with Gasteiger partial charge in [0.25, 0.3) is 0 Å². The Bertz CT molecular complexity index is 560. The zero-order chi connectivity index (χ0) is 13.9. The van der Waals surface area contributed by atoms with Crippen LogP contribution < -0.4 is 4.90 Å². The van der Waals surface area contributed by atoms with Gasteiger partial charge in [0.15, 0.2) is 0 Å². The zero-order valence-electron chi connectivity index (χ0n) is 11.7. The van der Waals surface area contributed by atoms with Gasteiger partial charge >= 0.3 is 0 Å². The number of hydrogen-bond donors (Lipinski definition) is 0. The predicted molar refractivity (Wildman–Crippen MR) is 83.5 cm³/mol. The molecule has 0 bridgehead atoms. The molecule has 0 atom stereocenters. The van der Waals surface area contributed by atoms with Gasteiger partial charge in [-0.2, -0.15) is 0 Å². The number of benzene rings is 1. The summed E-state index contributed by atoms with van der Waals surface area (Å²) in [7, 11) is 0. The van der Waals surface area contributed by atoms with E-state index in [0.29, 0.717) is 0 Å². The Morgan fingerprint density at radius 3 is 2.55 bits per heavy atom. The molecule has 0 radical (unpaired) electrons. The van der Waals surface area contributed by atoms with Crippen LogP contribution in [-0.2, 0) is 0 Å². The van der Waals surface area contributed by atoms with Crippen LogP contribution in [0.5, 0.6) is 0 Å². The first-order valence-corrected chi connectivity index (χ1v) is 7.46. The van der Waals surface area contributed by atoms with Crippen LogP contribution in [0.15, 0.2) is 41.0 Å². The van der Waals surface area contributed by atoms with Gasteiger partial charge in [-0.15, -0.1) is 0 Å². The minimum atomic E-state index is 0.795. The van der Waals surface area contributed by atoms with Gasteiger partial charge < -0.3 is 14.2 Å². The molecule has 2 heterocycles. The largest absolute Gasteiger partial charge is 0.464 e. The van der Waals surface area contributed by atoms with E-state index in [-0.39, 0.29) is 0 Å². The van der Waals surface area contributed by atoms with E-state index < -0.39 is 0 Å². The van der Waals surface area contributed by atoms with Gasteiger partial charge in [0.1, 0.15) is 5.76 Å². The molecule has 0 N–H and O–H groups in total. The Morgan fingerprint density at radius 2 is 1.95 bits per heavy atom. The summed E-state index contributed by atoms with van der Waals surface area (Å²) in [6.45, 7) is 7.61. The third kappa shape index (κ3) is 2.69. The molecule has 0 saturated carbocycles. The van der Waals surface area contributed by atoms with Crippen molar-refractivity contribution in [1.82, 2.24) is 4.90 Å².